The Labute approximate surface area is 120 Å². The Balaban J connectivity index is 2.15. The molecule has 1 aromatic heterocycles. The Morgan fingerprint density at radius 3 is 2.95 bits per heavy atom. The van der Waals surface area contributed by atoms with Crippen LogP contribution in [0, 0.1) is 5.41 Å². The van der Waals surface area contributed by atoms with Gasteiger partial charge in [0.1, 0.15) is 0 Å². The number of aromatic nitrogens is 2. The van der Waals surface area contributed by atoms with Crippen LogP contribution in [0.1, 0.15) is 51.3 Å². The second kappa shape index (κ2) is 6.31. The first kappa shape index (κ1) is 14.9. The van der Waals surface area contributed by atoms with Crippen molar-refractivity contribution < 1.29 is 9.90 Å². The minimum absolute atomic E-state index is 0.111. The van der Waals surface area contributed by atoms with E-state index in [0.717, 1.165) is 37.9 Å². The van der Waals surface area contributed by atoms with E-state index in [2.05, 4.69) is 28.7 Å². The molecule has 1 saturated heterocycles. The fourth-order valence-electron chi connectivity index (χ4n) is 3.18. The maximum atomic E-state index is 11.7. The second-order valence-corrected chi connectivity index (χ2v) is 5.72. The molecule has 1 fully saturated rings. The van der Waals surface area contributed by atoms with Crippen LogP contribution in [0.2, 0.25) is 0 Å². The van der Waals surface area contributed by atoms with E-state index < -0.39 is 11.4 Å². The number of carboxylic acid groups (broad SMARTS) is 1. The lowest BCUT2D eigenvalue weighted by molar-refractivity contribution is -0.154. The zero-order valence-corrected chi connectivity index (χ0v) is 12.2. The molecule has 0 aliphatic carbocycles. The molecule has 2 unspecified atom stereocenters. The van der Waals surface area contributed by atoms with Crippen molar-refractivity contribution >= 4 is 5.97 Å². The lowest BCUT2D eigenvalue weighted by atomic mass is 9.76. The summed E-state index contributed by atoms with van der Waals surface area (Å²) < 4.78 is 0. The van der Waals surface area contributed by atoms with E-state index in [-0.39, 0.29) is 6.04 Å². The smallest absolute Gasteiger partial charge is 0.310 e. The summed E-state index contributed by atoms with van der Waals surface area (Å²) in [6.45, 7) is 5.66. The molecule has 1 aromatic rings. The predicted octanol–water partition coefficient (Wildman–Crippen LogP) is 2.50. The molecule has 2 atom stereocenters. The molecule has 0 saturated carbocycles. The maximum absolute atomic E-state index is 11.7. The Morgan fingerprint density at radius 2 is 2.35 bits per heavy atom. The summed E-state index contributed by atoms with van der Waals surface area (Å²) in [6, 6.07) is 0.111. The molecule has 0 radical (unpaired) electrons. The number of carboxylic acids is 1. The molecule has 0 amide bonds. The van der Waals surface area contributed by atoms with E-state index in [1.54, 1.807) is 18.6 Å². The van der Waals surface area contributed by atoms with E-state index >= 15 is 0 Å². The van der Waals surface area contributed by atoms with Crippen molar-refractivity contribution in [1.29, 1.82) is 0 Å². The van der Waals surface area contributed by atoms with Crippen LogP contribution in [-0.2, 0) is 4.79 Å². The quantitative estimate of drug-likeness (QED) is 0.895. The number of piperidine rings is 1. The Kier molecular flexibility index (Phi) is 4.70. The zero-order valence-electron chi connectivity index (χ0n) is 12.2. The van der Waals surface area contributed by atoms with Gasteiger partial charge in [-0.15, -0.1) is 0 Å². The van der Waals surface area contributed by atoms with Crippen LogP contribution < -0.4 is 0 Å². The van der Waals surface area contributed by atoms with Crippen LogP contribution in [0.15, 0.2) is 18.6 Å². The number of carbonyl (C=O) groups is 1. The minimum Gasteiger partial charge on any atom is -0.481 e. The van der Waals surface area contributed by atoms with Crippen molar-refractivity contribution in [3.8, 4) is 0 Å². The van der Waals surface area contributed by atoms with Crippen molar-refractivity contribution in [3.05, 3.63) is 24.3 Å². The summed E-state index contributed by atoms with van der Waals surface area (Å²) >= 11 is 0. The monoisotopic (exact) mass is 277 g/mol. The van der Waals surface area contributed by atoms with Gasteiger partial charge in [0, 0.05) is 25.1 Å². The average molecular weight is 277 g/mol. The highest BCUT2D eigenvalue weighted by atomic mass is 16.4. The normalized spacial score (nSPS) is 25.3. The molecular weight excluding hydrogens is 254 g/mol. The predicted molar refractivity (Wildman–Crippen MR) is 76.2 cm³/mol. The Morgan fingerprint density at radius 1 is 1.55 bits per heavy atom. The SMILES string of the molecule is CCCC1(C(=O)O)CCCN(C(C)c2cnccn2)C1. The highest BCUT2D eigenvalue weighted by Gasteiger charge is 2.42. The van der Waals surface area contributed by atoms with Gasteiger partial charge in [0.15, 0.2) is 0 Å². The molecule has 1 aliphatic heterocycles. The number of rotatable bonds is 5. The molecule has 2 rings (SSSR count). The van der Waals surface area contributed by atoms with Crippen LogP contribution in [0.25, 0.3) is 0 Å². The standard InChI is InChI=1S/C15H23N3O2/c1-3-5-15(14(19)20)6-4-9-18(11-15)12(2)13-10-16-7-8-17-13/h7-8,10,12H,3-6,9,11H2,1-2H3,(H,19,20). The molecule has 0 spiro atoms. The van der Waals surface area contributed by atoms with Crippen molar-refractivity contribution in [2.45, 2.75) is 45.6 Å². The van der Waals surface area contributed by atoms with Gasteiger partial charge in [-0.1, -0.05) is 13.3 Å². The van der Waals surface area contributed by atoms with E-state index in [0.29, 0.717) is 6.54 Å². The number of aliphatic carboxylic acids is 1. The zero-order chi connectivity index (χ0) is 14.6. The molecule has 5 heteroatoms. The van der Waals surface area contributed by atoms with E-state index in [4.69, 9.17) is 0 Å². The third-order valence-electron chi connectivity index (χ3n) is 4.35. The van der Waals surface area contributed by atoms with E-state index in [1.807, 2.05) is 0 Å². The van der Waals surface area contributed by atoms with Gasteiger partial charge < -0.3 is 5.11 Å². The summed E-state index contributed by atoms with van der Waals surface area (Å²) in [7, 11) is 0. The van der Waals surface area contributed by atoms with Gasteiger partial charge in [-0.05, 0) is 32.7 Å². The summed E-state index contributed by atoms with van der Waals surface area (Å²) in [6.07, 6.45) is 8.46. The van der Waals surface area contributed by atoms with Crippen molar-refractivity contribution in [1.82, 2.24) is 14.9 Å². The van der Waals surface area contributed by atoms with Crippen LogP contribution in [0.4, 0.5) is 0 Å². The van der Waals surface area contributed by atoms with Gasteiger partial charge in [0.05, 0.1) is 17.2 Å². The first-order valence-electron chi connectivity index (χ1n) is 7.32. The summed E-state index contributed by atoms with van der Waals surface area (Å²) in [4.78, 5) is 22.4. The fraction of sp³-hybridized carbons (Fsp3) is 0.667. The lowest BCUT2D eigenvalue weighted by Crippen LogP contribution is -2.48. The van der Waals surface area contributed by atoms with Crippen LogP contribution in [-0.4, -0.2) is 39.0 Å². The summed E-state index contributed by atoms with van der Waals surface area (Å²) in [5.74, 6) is -0.657. The van der Waals surface area contributed by atoms with Gasteiger partial charge in [0.25, 0.3) is 0 Å². The van der Waals surface area contributed by atoms with Crippen LogP contribution in [0.3, 0.4) is 0 Å². The van der Waals surface area contributed by atoms with Crippen molar-refractivity contribution in [2.24, 2.45) is 5.41 Å². The van der Waals surface area contributed by atoms with Crippen molar-refractivity contribution in [2.75, 3.05) is 13.1 Å². The first-order chi connectivity index (χ1) is 9.59. The second-order valence-electron chi connectivity index (χ2n) is 5.72. The average Bonchev–Trinajstić information content (AvgIpc) is 2.48. The van der Waals surface area contributed by atoms with Crippen LogP contribution in [0.5, 0.6) is 0 Å². The third kappa shape index (κ3) is 2.98. The number of likely N-dealkylation sites (tertiary alicyclic amines) is 1. The molecule has 1 N–H and O–H groups in total. The molecule has 5 nitrogen and oxygen atoms in total. The summed E-state index contributed by atoms with van der Waals surface area (Å²) in [5, 5.41) is 9.64. The molecular formula is C15H23N3O2. The topological polar surface area (TPSA) is 66.3 Å². The third-order valence-corrected chi connectivity index (χ3v) is 4.35. The van der Waals surface area contributed by atoms with Crippen molar-refractivity contribution in [3.63, 3.8) is 0 Å². The number of hydrogen-bond donors (Lipinski definition) is 1. The molecule has 0 aromatic carbocycles. The number of hydrogen-bond acceptors (Lipinski definition) is 4. The van der Waals surface area contributed by atoms with E-state index in [9.17, 15) is 9.90 Å². The van der Waals surface area contributed by atoms with Gasteiger partial charge in [-0.2, -0.15) is 0 Å². The summed E-state index contributed by atoms with van der Waals surface area (Å²) in [5.41, 5.74) is 0.314. The largest absolute Gasteiger partial charge is 0.481 e. The fourth-order valence-corrected chi connectivity index (χ4v) is 3.18. The molecule has 1 aliphatic rings. The molecule has 110 valence electrons. The Hall–Kier alpha value is -1.49. The highest BCUT2D eigenvalue weighted by Crippen LogP contribution is 2.37. The molecule has 2 heterocycles. The highest BCUT2D eigenvalue weighted by molar-refractivity contribution is 5.75. The van der Waals surface area contributed by atoms with Crippen LogP contribution >= 0.6 is 0 Å². The van der Waals surface area contributed by atoms with Gasteiger partial charge in [-0.25, -0.2) is 0 Å². The maximum Gasteiger partial charge on any atom is 0.310 e. The Bertz CT molecular complexity index is 448. The lowest BCUT2D eigenvalue weighted by Gasteiger charge is -2.42. The van der Waals surface area contributed by atoms with Gasteiger partial charge in [-0.3, -0.25) is 19.7 Å². The number of nitrogens with zero attached hydrogens (tertiary/aromatic N) is 3. The first-order valence-corrected chi connectivity index (χ1v) is 7.32. The minimum atomic E-state index is -0.657. The molecule has 20 heavy (non-hydrogen) atoms. The van der Waals surface area contributed by atoms with Gasteiger partial charge in [0.2, 0.25) is 0 Å². The van der Waals surface area contributed by atoms with Gasteiger partial charge >= 0.3 is 5.97 Å². The van der Waals surface area contributed by atoms with E-state index in [1.165, 1.54) is 0 Å². The molecule has 0 bridgehead atoms.